The van der Waals surface area contributed by atoms with Crippen molar-refractivity contribution in [2.24, 2.45) is 22.7 Å². The standard InChI is InChI=1S/C20H28N2O3.C11H12BrNO2.C9H17NO.ClH/c1-15-14-25-18-4-3-16(13-17(18)21(2)19(15)23)22-9-5-20(6-10-22)7-11-24-12-8-20;1-7-6-15-10-4-3-8(12)5-9(10)13(2)11(7)14;1-5-10-6-2-9(1)3-7-11-8-4-9;/h3-4,13,15H,5-12,14H2,1-2H3;3-5,7H,6H2,1-2H3;10H,1-8H2;1H/t15-;7-;;/m00../s1. The number of anilines is 3. The molecule has 0 bridgehead atoms. The van der Waals surface area contributed by atoms with Gasteiger partial charge >= 0.3 is 0 Å². The molecule has 2 aromatic rings. The molecular weight excluding hydrogens is 748 g/mol. The van der Waals surface area contributed by atoms with Crippen LogP contribution in [-0.2, 0) is 19.1 Å². The molecule has 10 nitrogen and oxygen atoms in total. The van der Waals surface area contributed by atoms with E-state index < -0.39 is 0 Å². The maximum absolute atomic E-state index is 12.4. The molecule has 2 aromatic carbocycles. The van der Waals surface area contributed by atoms with Crippen LogP contribution in [0.5, 0.6) is 11.5 Å². The highest BCUT2D eigenvalue weighted by Crippen LogP contribution is 2.43. The predicted molar refractivity (Wildman–Crippen MR) is 212 cm³/mol. The summed E-state index contributed by atoms with van der Waals surface area (Å²) in [6, 6.07) is 12.0. The van der Waals surface area contributed by atoms with Gasteiger partial charge in [0.15, 0.2) is 0 Å². The van der Waals surface area contributed by atoms with Crippen molar-refractivity contribution in [2.75, 3.05) is 94.6 Å². The number of halogens is 2. The molecule has 0 aliphatic carbocycles. The lowest BCUT2D eigenvalue weighted by atomic mass is 9.72. The normalized spacial score (nSPS) is 25.0. The predicted octanol–water partition coefficient (Wildman–Crippen LogP) is 7.10. The molecule has 4 fully saturated rings. The number of carbonyl (C=O) groups excluding carboxylic acids is 2. The van der Waals surface area contributed by atoms with Gasteiger partial charge in [0.2, 0.25) is 11.8 Å². The first-order chi connectivity index (χ1) is 24.6. The van der Waals surface area contributed by atoms with E-state index in [0.717, 1.165) is 66.9 Å². The van der Waals surface area contributed by atoms with Crippen molar-refractivity contribution in [3.05, 3.63) is 40.9 Å². The average Bonchev–Trinajstić information content (AvgIpc) is 3.33. The Labute approximate surface area is 324 Å². The number of hydrogen-bond donors (Lipinski definition) is 1. The summed E-state index contributed by atoms with van der Waals surface area (Å²) in [6.45, 7) is 13.1. The summed E-state index contributed by atoms with van der Waals surface area (Å²) in [5, 5.41) is 3.42. The lowest BCUT2D eigenvalue weighted by Crippen LogP contribution is -2.43. The van der Waals surface area contributed by atoms with Crippen molar-refractivity contribution < 1.29 is 28.5 Å². The Bertz CT molecular complexity index is 1480. The Morgan fingerprint density at radius 2 is 1.13 bits per heavy atom. The van der Waals surface area contributed by atoms with Crippen LogP contribution in [0.3, 0.4) is 0 Å². The zero-order valence-electron chi connectivity index (χ0n) is 31.4. The van der Waals surface area contributed by atoms with Crippen molar-refractivity contribution in [1.29, 1.82) is 0 Å². The molecule has 4 saturated heterocycles. The van der Waals surface area contributed by atoms with Gasteiger partial charge in [-0.05, 0) is 112 Å². The first-order valence-electron chi connectivity index (χ1n) is 18.9. The smallest absolute Gasteiger partial charge is 0.233 e. The summed E-state index contributed by atoms with van der Waals surface area (Å²) in [4.78, 5) is 30.1. The molecule has 0 saturated carbocycles. The summed E-state index contributed by atoms with van der Waals surface area (Å²) >= 11 is 3.38. The van der Waals surface area contributed by atoms with Crippen molar-refractivity contribution in [1.82, 2.24) is 5.32 Å². The second-order valence-corrected chi connectivity index (χ2v) is 16.4. The molecule has 0 radical (unpaired) electrons. The summed E-state index contributed by atoms with van der Waals surface area (Å²) in [7, 11) is 3.63. The minimum Gasteiger partial charge on any atom is -0.491 e. The fourth-order valence-corrected chi connectivity index (χ4v) is 8.59. The molecule has 12 heteroatoms. The van der Waals surface area contributed by atoms with Gasteiger partial charge < -0.3 is 39.0 Å². The molecule has 0 aromatic heterocycles. The molecule has 2 spiro atoms. The number of benzene rings is 2. The monoisotopic (exact) mass is 804 g/mol. The number of hydrogen-bond acceptors (Lipinski definition) is 8. The average molecular weight is 806 g/mol. The molecule has 6 heterocycles. The molecule has 52 heavy (non-hydrogen) atoms. The quantitative estimate of drug-likeness (QED) is 0.327. The first kappa shape index (κ1) is 40.6. The van der Waals surface area contributed by atoms with E-state index in [2.05, 4.69) is 38.3 Å². The minimum absolute atomic E-state index is 0. The molecule has 1 N–H and O–H groups in total. The zero-order valence-corrected chi connectivity index (χ0v) is 33.8. The third-order valence-corrected chi connectivity index (χ3v) is 12.5. The number of piperidine rings is 2. The van der Waals surface area contributed by atoms with Crippen molar-refractivity contribution in [3.63, 3.8) is 0 Å². The lowest BCUT2D eigenvalue weighted by Gasteiger charge is -2.45. The second-order valence-electron chi connectivity index (χ2n) is 15.4. The molecule has 2 atom stereocenters. The highest BCUT2D eigenvalue weighted by Gasteiger charge is 2.37. The maximum atomic E-state index is 12.4. The lowest BCUT2D eigenvalue weighted by molar-refractivity contribution is -0.122. The van der Waals surface area contributed by atoms with E-state index in [0.29, 0.717) is 24.0 Å². The van der Waals surface area contributed by atoms with E-state index in [-0.39, 0.29) is 36.1 Å². The van der Waals surface area contributed by atoms with Gasteiger partial charge in [-0.15, -0.1) is 12.4 Å². The van der Waals surface area contributed by atoms with E-state index in [1.54, 1.807) is 16.8 Å². The van der Waals surface area contributed by atoms with E-state index in [1.165, 1.54) is 70.1 Å². The third-order valence-electron chi connectivity index (χ3n) is 12.0. The summed E-state index contributed by atoms with van der Waals surface area (Å²) in [5.41, 5.74) is 4.06. The Morgan fingerprint density at radius 3 is 1.65 bits per heavy atom. The van der Waals surface area contributed by atoms with Crippen LogP contribution in [0.2, 0.25) is 0 Å². The zero-order chi connectivity index (χ0) is 36.0. The number of nitrogens with zero attached hydrogens (tertiary/aromatic N) is 3. The van der Waals surface area contributed by atoms with Crippen molar-refractivity contribution in [3.8, 4) is 11.5 Å². The van der Waals surface area contributed by atoms with Gasteiger partial charge in [-0.3, -0.25) is 9.59 Å². The Kier molecular flexibility index (Phi) is 14.2. The Balaban J connectivity index is 0.000000164. The van der Waals surface area contributed by atoms with Crippen molar-refractivity contribution >= 4 is 57.2 Å². The maximum Gasteiger partial charge on any atom is 0.233 e. The molecule has 8 rings (SSSR count). The number of fused-ring (bicyclic) bond motifs is 2. The van der Waals surface area contributed by atoms with Crippen LogP contribution in [0.15, 0.2) is 40.9 Å². The molecule has 2 amide bonds. The highest BCUT2D eigenvalue weighted by atomic mass is 79.9. The highest BCUT2D eigenvalue weighted by molar-refractivity contribution is 9.10. The van der Waals surface area contributed by atoms with Gasteiger partial charge in [-0.1, -0.05) is 29.8 Å². The number of nitrogens with one attached hydrogen (secondary N) is 1. The van der Waals surface area contributed by atoms with Crippen LogP contribution >= 0.6 is 28.3 Å². The molecule has 0 unspecified atom stereocenters. The van der Waals surface area contributed by atoms with Gasteiger partial charge in [0.25, 0.3) is 0 Å². The fraction of sp³-hybridized carbons (Fsp3) is 0.650. The van der Waals surface area contributed by atoms with Crippen LogP contribution in [0.1, 0.15) is 65.2 Å². The van der Waals surface area contributed by atoms with Crippen LogP contribution < -0.4 is 29.5 Å². The largest absolute Gasteiger partial charge is 0.491 e. The summed E-state index contributed by atoms with van der Waals surface area (Å²) in [6.07, 6.45) is 10.2. The third kappa shape index (κ3) is 9.56. The fourth-order valence-electron chi connectivity index (χ4n) is 8.24. The van der Waals surface area contributed by atoms with Gasteiger partial charge in [0, 0.05) is 63.8 Å². The Hall–Kier alpha value is -2.57. The molecule has 6 aliphatic rings. The molecule has 6 aliphatic heterocycles. The summed E-state index contributed by atoms with van der Waals surface area (Å²) < 4.78 is 23.3. The number of amides is 2. The van der Waals surface area contributed by atoms with Gasteiger partial charge in [-0.2, -0.15) is 0 Å². The molecular formula is C40H58BrClN4O6. The van der Waals surface area contributed by atoms with Crippen LogP contribution in [-0.4, -0.2) is 91.7 Å². The topological polar surface area (TPSA) is 92.8 Å². The SMILES string of the molecule is C1CC2(CCN1)CCOCC2.C[C@H]1COc2ccc(Br)cc2N(C)C1=O.C[C@H]1COc2ccc(N3CCC4(CCOCC4)CC3)cc2N(C)C1=O.Cl. The number of rotatable bonds is 1. The molecule has 288 valence electrons. The van der Waals surface area contributed by atoms with Crippen LogP contribution in [0, 0.1) is 22.7 Å². The number of ether oxygens (including phenoxy) is 4. The van der Waals surface area contributed by atoms with E-state index in [4.69, 9.17) is 18.9 Å². The Morgan fingerprint density at radius 1 is 0.673 bits per heavy atom. The van der Waals surface area contributed by atoms with E-state index in [9.17, 15) is 9.59 Å². The van der Waals surface area contributed by atoms with E-state index in [1.807, 2.05) is 45.2 Å². The summed E-state index contributed by atoms with van der Waals surface area (Å²) in [5.74, 6) is 1.58. The van der Waals surface area contributed by atoms with Gasteiger partial charge in [-0.25, -0.2) is 0 Å². The van der Waals surface area contributed by atoms with Crippen LogP contribution in [0.25, 0.3) is 0 Å². The van der Waals surface area contributed by atoms with Crippen LogP contribution in [0.4, 0.5) is 17.1 Å². The van der Waals surface area contributed by atoms with Crippen molar-refractivity contribution in [2.45, 2.75) is 65.2 Å². The van der Waals surface area contributed by atoms with Gasteiger partial charge in [0.05, 0.1) is 36.4 Å². The minimum atomic E-state index is -0.107. The first-order valence-corrected chi connectivity index (χ1v) is 19.7. The van der Waals surface area contributed by atoms with Gasteiger partial charge in [0.1, 0.15) is 11.5 Å². The second kappa shape index (κ2) is 18.2. The number of carbonyl (C=O) groups is 2. The van der Waals surface area contributed by atoms with E-state index >= 15 is 0 Å².